The first-order valence-corrected chi connectivity index (χ1v) is 7.89. The summed E-state index contributed by atoms with van der Waals surface area (Å²) in [7, 11) is 0. The summed E-state index contributed by atoms with van der Waals surface area (Å²) in [5.74, 6) is 5.85. The van der Waals surface area contributed by atoms with E-state index in [1.807, 2.05) is 0 Å². The Labute approximate surface area is 118 Å². The van der Waals surface area contributed by atoms with E-state index in [1.165, 1.54) is 53.3 Å². The van der Waals surface area contributed by atoms with Crippen LogP contribution in [-0.4, -0.2) is 0 Å². The highest BCUT2D eigenvalue weighted by atomic mass is 32.1. The van der Waals surface area contributed by atoms with Gasteiger partial charge in [-0.05, 0) is 48.1 Å². The molecule has 1 aliphatic carbocycles. The van der Waals surface area contributed by atoms with Gasteiger partial charge in [-0.3, -0.25) is 5.84 Å². The van der Waals surface area contributed by atoms with E-state index in [0.717, 1.165) is 0 Å². The Hall–Kier alpha value is -1.16. The molecule has 0 aliphatic heterocycles. The zero-order valence-electron chi connectivity index (χ0n) is 11.1. The third-order valence-corrected chi connectivity index (χ3v) is 4.92. The molecule has 2 aromatic rings. The molecule has 100 valence electrons. The minimum absolute atomic E-state index is 0.175. The second-order valence-electron chi connectivity index (χ2n) is 5.17. The molecule has 1 aliphatic rings. The third kappa shape index (κ3) is 2.59. The maximum atomic E-state index is 5.85. The molecule has 0 bridgehead atoms. The molecule has 2 nitrogen and oxygen atoms in total. The molecular weight excluding hydrogens is 252 g/mol. The highest BCUT2D eigenvalue weighted by Gasteiger charge is 2.19. The van der Waals surface area contributed by atoms with E-state index in [0.29, 0.717) is 0 Å². The van der Waals surface area contributed by atoms with Gasteiger partial charge < -0.3 is 0 Å². The molecule has 1 unspecified atom stereocenters. The zero-order valence-corrected chi connectivity index (χ0v) is 11.9. The largest absolute Gasteiger partial charge is 0.271 e. The highest BCUT2D eigenvalue weighted by Crippen LogP contribution is 2.35. The Morgan fingerprint density at radius 1 is 1.16 bits per heavy atom. The molecule has 0 fully saturated rings. The molecular formula is C16H20N2S. The van der Waals surface area contributed by atoms with Gasteiger partial charge in [0.05, 0.1) is 6.04 Å². The van der Waals surface area contributed by atoms with Crippen LogP contribution in [0.5, 0.6) is 0 Å². The molecule has 19 heavy (non-hydrogen) atoms. The summed E-state index contributed by atoms with van der Waals surface area (Å²) in [5.41, 5.74) is 5.82. The van der Waals surface area contributed by atoms with Gasteiger partial charge >= 0.3 is 0 Å². The van der Waals surface area contributed by atoms with Gasteiger partial charge in [-0.15, -0.1) is 11.3 Å². The summed E-state index contributed by atoms with van der Waals surface area (Å²) in [6.07, 6.45) is 8.68. The van der Waals surface area contributed by atoms with Crippen molar-refractivity contribution in [1.29, 1.82) is 0 Å². The van der Waals surface area contributed by atoms with Crippen LogP contribution in [0.2, 0.25) is 0 Å². The molecule has 0 saturated carbocycles. The number of benzene rings is 1. The quantitative estimate of drug-likeness (QED) is 0.497. The number of allylic oxidation sites excluding steroid dienone is 1. The first-order valence-electron chi connectivity index (χ1n) is 7.01. The molecule has 1 aromatic carbocycles. The molecule has 0 amide bonds. The SMILES string of the molecule is NNC(C1=CCCCCC1)c1csc2ccccc12. The maximum absolute atomic E-state index is 5.85. The number of rotatable bonds is 3. The van der Waals surface area contributed by atoms with Gasteiger partial charge in [0, 0.05) is 4.70 Å². The second-order valence-corrected chi connectivity index (χ2v) is 6.08. The Bertz CT molecular complexity index is 585. The van der Waals surface area contributed by atoms with Crippen molar-refractivity contribution >= 4 is 21.4 Å². The molecule has 3 N–H and O–H groups in total. The summed E-state index contributed by atoms with van der Waals surface area (Å²) in [6, 6.07) is 8.75. The number of thiophene rings is 1. The van der Waals surface area contributed by atoms with Crippen molar-refractivity contribution in [3.8, 4) is 0 Å². The number of hydrazine groups is 1. The number of hydrogen-bond donors (Lipinski definition) is 2. The Kier molecular flexibility index (Phi) is 3.97. The van der Waals surface area contributed by atoms with Gasteiger partial charge in [0.1, 0.15) is 0 Å². The van der Waals surface area contributed by atoms with Gasteiger partial charge in [-0.2, -0.15) is 0 Å². The molecule has 1 atom stereocenters. The Morgan fingerprint density at radius 3 is 2.95 bits per heavy atom. The number of hydrogen-bond acceptors (Lipinski definition) is 3. The van der Waals surface area contributed by atoms with Gasteiger partial charge in [0.15, 0.2) is 0 Å². The van der Waals surface area contributed by atoms with Crippen molar-refractivity contribution in [2.24, 2.45) is 5.84 Å². The van der Waals surface area contributed by atoms with Crippen LogP contribution in [0.3, 0.4) is 0 Å². The minimum atomic E-state index is 0.175. The van der Waals surface area contributed by atoms with E-state index in [-0.39, 0.29) is 6.04 Å². The van der Waals surface area contributed by atoms with Crippen LogP contribution in [0.15, 0.2) is 41.3 Å². The molecule has 3 rings (SSSR count). The first-order chi connectivity index (χ1) is 9.40. The van der Waals surface area contributed by atoms with Crippen LogP contribution in [0.4, 0.5) is 0 Å². The number of nitrogens with two attached hydrogens (primary N) is 1. The first kappa shape index (κ1) is 12.9. The van der Waals surface area contributed by atoms with Crippen LogP contribution in [0.25, 0.3) is 10.1 Å². The molecule has 3 heteroatoms. The maximum Gasteiger partial charge on any atom is 0.0684 e. The molecule has 0 saturated heterocycles. The lowest BCUT2D eigenvalue weighted by molar-refractivity contribution is 0.597. The van der Waals surface area contributed by atoms with Crippen LogP contribution in [0, 0.1) is 0 Å². The molecule has 1 aromatic heterocycles. The van der Waals surface area contributed by atoms with Gasteiger partial charge in [-0.25, -0.2) is 5.43 Å². The topological polar surface area (TPSA) is 38.0 Å². The van der Waals surface area contributed by atoms with E-state index in [1.54, 1.807) is 11.3 Å². The van der Waals surface area contributed by atoms with E-state index in [9.17, 15) is 0 Å². The fraction of sp³-hybridized carbons (Fsp3) is 0.375. The van der Waals surface area contributed by atoms with Gasteiger partial charge in [0.25, 0.3) is 0 Å². The summed E-state index contributed by atoms with van der Waals surface area (Å²) >= 11 is 1.80. The summed E-state index contributed by atoms with van der Waals surface area (Å²) in [4.78, 5) is 0. The van der Waals surface area contributed by atoms with E-state index in [2.05, 4.69) is 41.1 Å². The van der Waals surface area contributed by atoms with Crippen LogP contribution >= 0.6 is 11.3 Å². The molecule has 0 radical (unpaired) electrons. The molecule has 0 spiro atoms. The van der Waals surface area contributed by atoms with Crippen molar-refractivity contribution in [3.63, 3.8) is 0 Å². The van der Waals surface area contributed by atoms with Crippen LogP contribution in [-0.2, 0) is 0 Å². The minimum Gasteiger partial charge on any atom is -0.271 e. The Balaban J connectivity index is 1.99. The predicted molar refractivity (Wildman–Crippen MR) is 83.1 cm³/mol. The van der Waals surface area contributed by atoms with Crippen LogP contribution in [0.1, 0.15) is 43.7 Å². The lowest BCUT2D eigenvalue weighted by atomic mass is 9.95. The van der Waals surface area contributed by atoms with Gasteiger partial charge in [-0.1, -0.05) is 36.3 Å². The number of fused-ring (bicyclic) bond motifs is 1. The van der Waals surface area contributed by atoms with Crippen LogP contribution < -0.4 is 11.3 Å². The van der Waals surface area contributed by atoms with Crippen molar-refractivity contribution < 1.29 is 0 Å². The van der Waals surface area contributed by atoms with Crippen molar-refractivity contribution in [2.75, 3.05) is 0 Å². The second kappa shape index (κ2) is 5.87. The average Bonchev–Trinajstić information content (AvgIpc) is 2.69. The smallest absolute Gasteiger partial charge is 0.0684 e. The van der Waals surface area contributed by atoms with E-state index in [4.69, 9.17) is 5.84 Å². The molecule has 1 heterocycles. The number of nitrogens with one attached hydrogen (secondary N) is 1. The standard InChI is InChI=1S/C16H20N2S/c17-18-16(12-7-3-1-2-4-8-12)14-11-19-15-10-6-5-9-13(14)15/h5-7,9-11,16,18H,1-4,8,17H2. The third-order valence-electron chi connectivity index (χ3n) is 3.94. The van der Waals surface area contributed by atoms with Crippen molar-refractivity contribution in [3.05, 3.63) is 46.9 Å². The zero-order chi connectivity index (χ0) is 13.1. The van der Waals surface area contributed by atoms with Gasteiger partial charge in [0.2, 0.25) is 0 Å². The monoisotopic (exact) mass is 272 g/mol. The summed E-state index contributed by atoms with van der Waals surface area (Å²) < 4.78 is 1.34. The highest BCUT2D eigenvalue weighted by molar-refractivity contribution is 7.17. The lowest BCUT2D eigenvalue weighted by Crippen LogP contribution is -2.29. The van der Waals surface area contributed by atoms with E-state index < -0.39 is 0 Å². The predicted octanol–water partition coefficient (Wildman–Crippen LogP) is 4.30. The van der Waals surface area contributed by atoms with Crippen molar-refractivity contribution in [1.82, 2.24) is 5.43 Å². The van der Waals surface area contributed by atoms with Crippen molar-refractivity contribution in [2.45, 2.75) is 38.1 Å². The lowest BCUT2D eigenvalue weighted by Gasteiger charge is -2.19. The Morgan fingerprint density at radius 2 is 2.05 bits per heavy atom. The summed E-state index contributed by atoms with van der Waals surface area (Å²) in [5, 5.41) is 3.58. The summed E-state index contributed by atoms with van der Waals surface area (Å²) in [6.45, 7) is 0. The fourth-order valence-corrected chi connectivity index (χ4v) is 3.91. The fourth-order valence-electron chi connectivity index (χ4n) is 2.92. The average molecular weight is 272 g/mol. The normalized spacial score (nSPS) is 18.1. The van der Waals surface area contributed by atoms with E-state index >= 15 is 0 Å².